The molecule has 0 saturated carbocycles. The second kappa shape index (κ2) is 7.42. The van der Waals surface area contributed by atoms with E-state index in [0.717, 1.165) is 32.5 Å². The lowest BCUT2D eigenvalue weighted by molar-refractivity contribution is -0.151. The predicted octanol–water partition coefficient (Wildman–Crippen LogP) is 0.899. The standard InChI is InChI=1S/C16H28N2O4/c1-4-21-15(20)13-6-5-7-18(10-13)14(19)11-17-8-9-22-16(2,3)12-17/h13H,4-12H2,1-3H3/t13-/m1/s1. The molecule has 2 saturated heterocycles. The van der Waals surface area contributed by atoms with Gasteiger partial charge in [0.05, 0.1) is 31.3 Å². The summed E-state index contributed by atoms with van der Waals surface area (Å²) in [6.45, 7) is 10.1. The first-order valence-electron chi connectivity index (χ1n) is 8.22. The maximum Gasteiger partial charge on any atom is 0.310 e. The van der Waals surface area contributed by atoms with E-state index >= 15 is 0 Å². The fourth-order valence-corrected chi connectivity index (χ4v) is 3.20. The van der Waals surface area contributed by atoms with Crippen LogP contribution in [0.3, 0.4) is 0 Å². The molecule has 1 atom stereocenters. The highest BCUT2D eigenvalue weighted by atomic mass is 16.5. The summed E-state index contributed by atoms with van der Waals surface area (Å²) in [4.78, 5) is 28.3. The quantitative estimate of drug-likeness (QED) is 0.722. The Bertz CT molecular complexity index is 411. The Hall–Kier alpha value is -1.14. The Morgan fingerprint density at radius 1 is 1.32 bits per heavy atom. The third-order valence-corrected chi connectivity index (χ3v) is 4.26. The van der Waals surface area contributed by atoms with Crippen LogP contribution in [0.2, 0.25) is 0 Å². The number of likely N-dealkylation sites (tertiary alicyclic amines) is 1. The van der Waals surface area contributed by atoms with E-state index in [0.29, 0.717) is 26.3 Å². The molecule has 0 unspecified atom stereocenters. The summed E-state index contributed by atoms with van der Waals surface area (Å²) in [7, 11) is 0. The molecule has 126 valence electrons. The molecule has 0 radical (unpaired) electrons. The molecule has 2 aliphatic heterocycles. The number of hydrogen-bond donors (Lipinski definition) is 0. The van der Waals surface area contributed by atoms with Gasteiger partial charge in [-0.15, -0.1) is 0 Å². The van der Waals surface area contributed by atoms with Gasteiger partial charge >= 0.3 is 5.97 Å². The van der Waals surface area contributed by atoms with Gasteiger partial charge in [0.2, 0.25) is 5.91 Å². The molecule has 2 heterocycles. The largest absolute Gasteiger partial charge is 0.466 e. The average Bonchev–Trinajstić information content (AvgIpc) is 2.46. The van der Waals surface area contributed by atoms with Crippen molar-refractivity contribution >= 4 is 11.9 Å². The number of hydrogen-bond acceptors (Lipinski definition) is 5. The van der Waals surface area contributed by atoms with Gasteiger partial charge in [-0.25, -0.2) is 0 Å². The highest BCUT2D eigenvalue weighted by Crippen LogP contribution is 2.20. The summed E-state index contributed by atoms with van der Waals surface area (Å²) in [5.41, 5.74) is -0.201. The number of carbonyl (C=O) groups excluding carboxylic acids is 2. The van der Waals surface area contributed by atoms with Crippen LogP contribution in [-0.2, 0) is 19.1 Å². The average molecular weight is 312 g/mol. The van der Waals surface area contributed by atoms with Gasteiger partial charge in [0.1, 0.15) is 0 Å². The molecular weight excluding hydrogens is 284 g/mol. The third-order valence-electron chi connectivity index (χ3n) is 4.26. The molecule has 0 N–H and O–H groups in total. The Morgan fingerprint density at radius 3 is 2.77 bits per heavy atom. The highest BCUT2D eigenvalue weighted by Gasteiger charge is 2.32. The normalized spacial score (nSPS) is 25.8. The zero-order valence-electron chi connectivity index (χ0n) is 14.0. The van der Waals surface area contributed by atoms with Crippen LogP contribution in [0.5, 0.6) is 0 Å². The monoisotopic (exact) mass is 312 g/mol. The fourth-order valence-electron chi connectivity index (χ4n) is 3.20. The van der Waals surface area contributed by atoms with Crippen molar-refractivity contribution in [2.45, 2.75) is 39.2 Å². The van der Waals surface area contributed by atoms with Crippen LogP contribution in [0.1, 0.15) is 33.6 Å². The van der Waals surface area contributed by atoms with E-state index in [1.165, 1.54) is 0 Å². The first kappa shape index (κ1) is 17.2. The first-order valence-corrected chi connectivity index (χ1v) is 8.22. The molecule has 0 aromatic heterocycles. The number of morpholine rings is 1. The Morgan fingerprint density at radius 2 is 2.09 bits per heavy atom. The van der Waals surface area contributed by atoms with E-state index in [4.69, 9.17) is 9.47 Å². The van der Waals surface area contributed by atoms with Crippen molar-refractivity contribution in [1.82, 2.24) is 9.80 Å². The molecule has 2 rings (SSSR count). The fraction of sp³-hybridized carbons (Fsp3) is 0.875. The number of piperidine rings is 1. The minimum absolute atomic E-state index is 0.103. The number of nitrogens with zero attached hydrogens (tertiary/aromatic N) is 2. The van der Waals surface area contributed by atoms with Gasteiger partial charge in [-0.1, -0.05) is 0 Å². The number of ether oxygens (including phenoxy) is 2. The van der Waals surface area contributed by atoms with Gasteiger partial charge in [-0.05, 0) is 33.6 Å². The molecule has 0 aromatic rings. The number of esters is 1. The molecular formula is C16H28N2O4. The summed E-state index contributed by atoms with van der Waals surface area (Å²) < 4.78 is 10.8. The van der Waals surface area contributed by atoms with Gasteiger partial charge in [-0.3, -0.25) is 14.5 Å². The maximum atomic E-state index is 12.5. The molecule has 1 amide bonds. The zero-order chi connectivity index (χ0) is 16.2. The van der Waals surface area contributed by atoms with Crippen molar-refractivity contribution < 1.29 is 19.1 Å². The Labute approximate surface area is 132 Å². The predicted molar refractivity (Wildman–Crippen MR) is 82.4 cm³/mol. The minimum atomic E-state index is -0.201. The number of amides is 1. The topological polar surface area (TPSA) is 59.1 Å². The number of rotatable bonds is 4. The third kappa shape index (κ3) is 4.68. The molecule has 2 fully saturated rings. The summed E-state index contributed by atoms with van der Waals surface area (Å²) in [6.07, 6.45) is 1.68. The number of carbonyl (C=O) groups is 2. The summed E-state index contributed by atoms with van der Waals surface area (Å²) >= 11 is 0. The summed E-state index contributed by atoms with van der Waals surface area (Å²) in [5.74, 6) is -0.238. The van der Waals surface area contributed by atoms with Gasteiger partial charge in [0.15, 0.2) is 0 Å². The van der Waals surface area contributed by atoms with Gasteiger partial charge in [-0.2, -0.15) is 0 Å². The van der Waals surface area contributed by atoms with Crippen LogP contribution in [0.25, 0.3) is 0 Å². The van der Waals surface area contributed by atoms with Crippen molar-refractivity contribution in [1.29, 1.82) is 0 Å². The van der Waals surface area contributed by atoms with Crippen LogP contribution in [0, 0.1) is 5.92 Å². The van der Waals surface area contributed by atoms with E-state index in [-0.39, 0.29) is 23.4 Å². The Balaban J connectivity index is 1.85. The van der Waals surface area contributed by atoms with E-state index < -0.39 is 0 Å². The van der Waals surface area contributed by atoms with Crippen molar-refractivity contribution in [3.63, 3.8) is 0 Å². The lowest BCUT2D eigenvalue weighted by atomic mass is 9.98. The van der Waals surface area contributed by atoms with Crippen LogP contribution in [0.15, 0.2) is 0 Å². The molecule has 6 heteroatoms. The zero-order valence-corrected chi connectivity index (χ0v) is 14.0. The van der Waals surface area contributed by atoms with Crippen molar-refractivity contribution in [2.75, 3.05) is 45.9 Å². The Kier molecular flexibility index (Phi) is 5.81. The molecule has 22 heavy (non-hydrogen) atoms. The summed E-state index contributed by atoms with van der Waals surface area (Å²) in [6, 6.07) is 0. The van der Waals surface area contributed by atoms with E-state index in [1.807, 2.05) is 25.7 Å². The molecule has 0 aliphatic carbocycles. The van der Waals surface area contributed by atoms with E-state index in [9.17, 15) is 9.59 Å². The van der Waals surface area contributed by atoms with Crippen LogP contribution in [0.4, 0.5) is 0 Å². The lowest BCUT2D eigenvalue weighted by Gasteiger charge is -2.39. The second-order valence-electron chi connectivity index (χ2n) is 6.75. The van der Waals surface area contributed by atoms with Gasteiger partial charge in [0, 0.05) is 26.2 Å². The van der Waals surface area contributed by atoms with Crippen molar-refractivity contribution in [3.8, 4) is 0 Å². The first-order chi connectivity index (χ1) is 10.4. The lowest BCUT2D eigenvalue weighted by Crippen LogP contribution is -2.53. The smallest absolute Gasteiger partial charge is 0.310 e. The second-order valence-corrected chi connectivity index (χ2v) is 6.75. The molecule has 0 aromatic carbocycles. The molecule has 0 bridgehead atoms. The maximum absolute atomic E-state index is 12.5. The van der Waals surface area contributed by atoms with Crippen molar-refractivity contribution in [2.24, 2.45) is 5.92 Å². The van der Waals surface area contributed by atoms with E-state index in [1.54, 1.807) is 0 Å². The van der Waals surface area contributed by atoms with E-state index in [2.05, 4.69) is 4.90 Å². The van der Waals surface area contributed by atoms with Crippen LogP contribution >= 0.6 is 0 Å². The molecule has 0 spiro atoms. The van der Waals surface area contributed by atoms with Crippen molar-refractivity contribution in [3.05, 3.63) is 0 Å². The summed E-state index contributed by atoms with van der Waals surface area (Å²) in [5, 5.41) is 0. The molecule has 6 nitrogen and oxygen atoms in total. The van der Waals surface area contributed by atoms with Crippen LogP contribution in [-0.4, -0.2) is 73.2 Å². The highest BCUT2D eigenvalue weighted by molar-refractivity contribution is 5.80. The van der Waals surface area contributed by atoms with Gasteiger partial charge < -0.3 is 14.4 Å². The van der Waals surface area contributed by atoms with Gasteiger partial charge in [0.25, 0.3) is 0 Å². The molecule has 2 aliphatic rings. The SMILES string of the molecule is CCOC(=O)[C@@H]1CCCN(C(=O)CN2CCOC(C)(C)C2)C1. The van der Waals surface area contributed by atoms with Crippen LogP contribution < -0.4 is 0 Å². The minimum Gasteiger partial charge on any atom is -0.466 e.